The fourth-order valence-corrected chi connectivity index (χ4v) is 1.35. The van der Waals surface area contributed by atoms with Crippen molar-refractivity contribution >= 4 is 23.8 Å². The smallest absolute Gasteiger partial charge is 0.0924 e. The Labute approximate surface area is 87.3 Å². The van der Waals surface area contributed by atoms with E-state index in [4.69, 9.17) is 11.6 Å². The van der Waals surface area contributed by atoms with Crippen LogP contribution in [0.3, 0.4) is 0 Å². The highest BCUT2D eigenvalue weighted by atomic mass is 35.5. The predicted molar refractivity (Wildman–Crippen MR) is 59.0 cm³/mol. The van der Waals surface area contributed by atoms with Crippen molar-refractivity contribution in [2.75, 3.05) is 0 Å². The second-order valence-corrected chi connectivity index (χ2v) is 3.33. The van der Waals surface area contributed by atoms with Gasteiger partial charge in [0.05, 0.1) is 18.2 Å². The van der Waals surface area contributed by atoms with Gasteiger partial charge in [-0.3, -0.25) is 0 Å². The van der Waals surface area contributed by atoms with Crippen molar-refractivity contribution in [2.45, 2.75) is 0 Å². The van der Waals surface area contributed by atoms with Crippen molar-refractivity contribution in [3.05, 3.63) is 53.1 Å². The minimum Gasteiger partial charge on any atom is -0.345 e. The molecule has 2 rings (SSSR count). The maximum Gasteiger partial charge on any atom is 0.0924 e. The summed E-state index contributed by atoms with van der Waals surface area (Å²) >= 11 is 5.85. The third kappa shape index (κ3) is 2.24. The van der Waals surface area contributed by atoms with Crippen LogP contribution in [-0.2, 0) is 0 Å². The highest BCUT2D eigenvalue weighted by Gasteiger charge is 1.89. The third-order valence-corrected chi connectivity index (χ3v) is 2.06. The Kier molecular flexibility index (Phi) is 2.65. The van der Waals surface area contributed by atoms with Crippen molar-refractivity contribution in [1.29, 1.82) is 0 Å². The Balaban J connectivity index is 2.18. The maximum absolute atomic E-state index is 5.85. The van der Waals surface area contributed by atoms with Crippen molar-refractivity contribution in [1.82, 2.24) is 9.97 Å². The number of halogens is 1. The summed E-state index contributed by atoms with van der Waals surface area (Å²) in [5.41, 5.74) is 2.05. The van der Waals surface area contributed by atoms with Crippen molar-refractivity contribution in [3.8, 4) is 0 Å². The van der Waals surface area contributed by atoms with Gasteiger partial charge in [0, 0.05) is 5.02 Å². The fourth-order valence-electron chi connectivity index (χ4n) is 1.15. The van der Waals surface area contributed by atoms with Gasteiger partial charge < -0.3 is 4.98 Å². The van der Waals surface area contributed by atoms with Crippen LogP contribution >= 0.6 is 11.6 Å². The van der Waals surface area contributed by atoms with Crippen LogP contribution in [0.5, 0.6) is 0 Å². The fraction of sp³-hybridized carbons (Fsp3) is 0. The van der Waals surface area contributed by atoms with E-state index < -0.39 is 0 Å². The van der Waals surface area contributed by atoms with E-state index in [9.17, 15) is 0 Å². The van der Waals surface area contributed by atoms with Gasteiger partial charge in [-0.15, -0.1) is 0 Å². The summed E-state index contributed by atoms with van der Waals surface area (Å²) < 4.78 is 0. The average molecular weight is 205 g/mol. The first-order valence-corrected chi connectivity index (χ1v) is 4.64. The van der Waals surface area contributed by atoms with E-state index >= 15 is 0 Å². The first-order chi connectivity index (χ1) is 6.84. The molecule has 1 aromatic carbocycles. The van der Waals surface area contributed by atoms with Crippen LogP contribution in [0.15, 0.2) is 36.8 Å². The number of nitrogens with one attached hydrogen (secondary N) is 1. The van der Waals surface area contributed by atoms with Gasteiger partial charge in [-0.25, -0.2) is 4.98 Å². The second-order valence-electron chi connectivity index (χ2n) is 2.90. The topological polar surface area (TPSA) is 28.7 Å². The molecule has 0 atom stereocenters. The Bertz CT molecular complexity index is 432. The van der Waals surface area contributed by atoms with Crippen LogP contribution in [-0.4, -0.2) is 9.97 Å². The molecular formula is C11H9ClN2. The Hall–Kier alpha value is -1.54. The predicted octanol–water partition coefficient (Wildman–Crippen LogP) is 3.23. The third-order valence-electron chi connectivity index (χ3n) is 1.82. The number of aromatic amines is 1. The number of aromatic nitrogens is 2. The summed E-state index contributed by atoms with van der Waals surface area (Å²) in [6, 6.07) is 7.69. The number of rotatable bonds is 2. The molecule has 0 fully saturated rings. The molecule has 0 aliphatic carbocycles. The lowest BCUT2D eigenvalue weighted by atomic mass is 10.2. The molecule has 1 heterocycles. The lowest BCUT2D eigenvalue weighted by Gasteiger charge is -1.93. The van der Waals surface area contributed by atoms with Gasteiger partial charge in [0.1, 0.15) is 0 Å². The zero-order valence-electron chi connectivity index (χ0n) is 7.44. The van der Waals surface area contributed by atoms with Crippen LogP contribution in [0.2, 0.25) is 5.02 Å². The normalized spacial score (nSPS) is 10.9. The van der Waals surface area contributed by atoms with Crippen LogP contribution in [0.1, 0.15) is 11.3 Å². The highest BCUT2D eigenvalue weighted by molar-refractivity contribution is 6.30. The average Bonchev–Trinajstić information content (AvgIpc) is 2.67. The molecule has 0 radical (unpaired) electrons. The molecule has 0 amide bonds. The summed E-state index contributed by atoms with van der Waals surface area (Å²) in [6.07, 6.45) is 7.36. The molecule has 1 N–H and O–H groups in total. The van der Waals surface area contributed by atoms with Gasteiger partial charge in [-0.2, -0.15) is 0 Å². The number of benzene rings is 1. The molecule has 0 saturated carbocycles. The van der Waals surface area contributed by atoms with Crippen molar-refractivity contribution in [2.24, 2.45) is 0 Å². The zero-order valence-corrected chi connectivity index (χ0v) is 8.20. The largest absolute Gasteiger partial charge is 0.345 e. The van der Waals surface area contributed by atoms with Crippen molar-refractivity contribution < 1.29 is 0 Å². The number of H-pyrrole nitrogens is 1. The van der Waals surface area contributed by atoms with E-state index in [0.717, 1.165) is 16.3 Å². The molecule has 14 heavy (non-hydrogen) atoms. The molecule has 0 saturated heterocycles. The van der Waals surface area contributed by atoms with Gasteiger partial charge in [-0.1, -0.05) is 29.8 Å². The molecule has 70 valence electrons. The van der Waals surface area contributed by atoms with E-state index in [-0.39, 0.29) is 0 Å². The standard InChI is InChI=1S/C11H9ClN2/c12-10-3-1-2-9(6-10)4-5-11-7-13-8-14-11/h1-8H,(H,13,14)/b5-4+. The van der Waals surface area contributed by atoms with Crippen LogP contribution in [0.4, 0.5) is 0 Å². The minimum atomic E-state index is 0.747. The number of imidazole rings is 1. The van der Waals surface area contributed by atoms with Crippen LogP contribution < -0.4 is 0 Å². The summed E-state index contributed by atoms with van der Waals surface area (Å²) in [7, 11) is 0. The van der Waals surface area contributed by atoms with E-state index in [2.05, 4.69) is 9.97 Å². The van der Waals surface area contributed by atoms with E-state index in [1.54, 1.807) is 12.5 Å². The number of hydrogen-bond donors (Lipinski definition) is 1. The molecule has 0 spiro atoms. The van der Waals surface area contributed by atoms with Gasteiger partial charge in [0.2, 0.25) is 0 Å². The van der Waals surface area contributed by atoms with Crippen LogP contribution in [0, 0.1) is 0 Å². The van der Waals surface area contributed by atoms with Gasteiger partial charge >= 0.3 is 0 Å². The monoisotopic (exact) mass is 204 g/mol. The Morgan fingerprint density at radius 2 is 2.21 bits per heavy atom. The maximum atomic E-state index is 5.85. The molecular weight excluding hydrogens is 196 g/mol. The highest BCUT2D eigenvalue weighted by Crippen LogP contribution is 2.12. The summed E-state index contributed by atoms with van der Waals surface area (Å²) in [5, 5.41) is 0.747. The SMILES string of the molecule is Clc1cccc(/C=C/c2cnc[nH]2)c1. The quantitative estimate of drug-likeness (QED) is 0.800. The molecule has 0 aliphatic heterocycles. The molecule has 2 nitrogen and oxygen atoms in total. The molecule has 0 unspecified atom stereocenters. The lowest BCUT2D eigenvalue weighted by molar-refractivity contribution is 1.31. The van der Waals surface area contributed by atoms with Gasteiger partial charge in [0.25, 0.3) is 0 Å². The van der Waals surface area contributed by atoms with E-state index in [1.807, 2.05) is 36.4 Å². The second kappa shape index (κ2) is 4.11. The first-order valence-electron chi connectivity index (χ1n) is 4.26. The number of hydrogen-bond acceptors (Lipinski definition) is 1. The Morgan fingerprint density at radius 1 is 1.29 bits per heavy atom. The summed E-state index contributed by atoms with van der Waals surface area (Å²) in [6.45, 7) is 0. The molecule has 0 aliphatic rings. The molecule has 2 aromatic rings. The van der Waals surface area contributed by atoms with Crippen LogP contribution in [0.25, 0.3) is 12.2 Å². The van der Waals surface area contributed by atoms with Crippen molar-refractivity contribution in [3.63, 3.8) is 0 Å². The molecule has 0 bridgehead atoms. The Morgan fingerprint density at radius 3 is 2.93 bits per heavy atom. The lowest BCUT2D eigenvalue weighted by Crippen LogP contribution is -1.72. The van der Waals surface area contributed by atoms with Gasteiger partial charge in [0.15, 0.2) is 0 Å². The number of nitrogens with zero attached hydrogens (tertiary/aromatic N) is 1. The molecule has 1 aromatic heterocycles. The first kappa shape index (κ1) is 9.03. The van der Waals surface area contributed by atoms with E-state index in [0.29, 0.717) is 0 Å². The van der Waals surface area contributed by atoms with E-state index in [1.165, 1.54) is 0 Å². The minimum absolute atomic E-state index is 0.747. The summed E-state index contributed by atoms with van der Waals surface area (Å²) in [4.78, 5) is 6.91. The summed E-state index contributed by atoms with van der Waals surface area (Å²) in [5.74, 6) is 0. The zero-order chi connectivity index (χ0) is 9.80. The van der Waals surface area contributed by atoms with Gasteiger partial charge in [-0.05, 0) is 23.8 Å². The molecule has 3 heteroatoms.